The van der Waals surface area contributed by atoms with Crippen molar-refractivity contribution in [3.8, 4) is 0 Å². The number of ether oxygens (including phenoxy) is 1. The van der Waals surface area contributed by atoms with Gasteiger partial charge in [-0.25, -0.2) is 9.78 Å². The maximum Gasteiger partial charge on any atom is 0.330 e. The van der Waals surface area contributed by atoms with Crippen molar-refractivity contribution in [3.63, 3.8) is 0 Å². The number of imidazole rings is 1. The standard InChI is InChI=1S/C21H27N5O3/c1-3-9-26-19-18(20(27)23-21(26)28)25(11-12-29-2)17(22-19)14-24-10-8-15-6-4-5-7-16(15)13-24/h4-7H,3,8-14H2,1-2H3,(H,23,27,28). The highest BCUT2D eigenvalue weighted by molar-refractivity contribution is 5.71. The second-order valence-corrected chi connectivity index (χ2v) is 7.48. The van der Waals surface area contributed by atoms with Gasteiger partial charge in [0.15, 0.2) is 11.2 Å². The highest BCUT2D eigenvalue weighted by atomic mass is 16.5. The number of nitrogens with one attached hydrogen (secondary N) is 1. The third-order valence-corrected chi connectivity index (χ3v) is 5.51. The van der Waals surface area contributed by atoms with Gasteiger partial charge in [-0.1, -0.05) is 31.2 Å². The monoisotopic (exact) mass is 397 g/mol. The number of aromatic nitrogens is 4. The number of rotatable bonds is 7. The van der Waals surface area contributed by atoms with E-state index in [-0.39, 0.29) is 0 Å². The predicted octanol–water partition coefficient (Wildman–Crippen LogP) is 1.50. The van der Waals surface area contributed by atoms with Crippen LogP contribution in [0.25, 0.3) is 11.2 Å². The van der Waals surface area contributed by atoms with Crippen LogP contribution in [0, 0.1) is 0 Å². The molecule has 154 valence electrons. The molecule has 4 rings (SSSR count). The molecule has 3 aromatic rings. The molecule has 0 spiro atoms. The van der Waals surface area contributed by atoms with Gasteiger partial charge >= 0.3 is 5.69 Å². The van der Waals surface area contributed by atoms with E-state index in [0.717, 1.165) is 31.8 Å². The first-order chi connectivity index (χ1) is 14.1. The van der Waals surface area contributed by atoms with E-state index in [2.05, 4.69) is 34.1 Å². The van der Waals surface area contributed by atoms with E-state index >= 15 is 0 Å². The summed E-state index contributed by atoms with van der Waals surface area (Å²) in [5.41, 5.74) is 2.84. The van der Waals surface area contributed by atoms with Gasteiger partial charge in [-0.15, -0.1) is 0 Å². The number of fused-ring (bicyclic) bond motifs is 2. The molecule has 0 atom stereocenters. The Hall–Kier alpha value is -2.71. The van der Waals surface area contributed by atoms with E-state index in [9.17, 15) is 9.59 Å². The molecule has 0 fully saturated rings. The van der Waals surface area contributed by atoms with Gasteiger partial charge in [0.1, 0.15) is 5.82 Å². The van der Waals surface area contributed by atoms with Crippen LogP contribution >= 0.6 is 0 Å². The minimum Gasteiger partial charge on any atom is -0.383 e. The molecule has 8 nitrogen and oxygen atoms in total. The Morgan fingerprint density at radius 2 is 1.93 bits per heavy atom. The van der Waals surface area contributed by atoms with E-state index in [4.69, 9.17) is 9.72 Å². The quantitative estimate of drug-likeness (QED) is 0.653. The molecule has 1 aliphatic rings. The lowest BCUT2D eigenvalue weighted by Gasteiger charge is -2.28. The second-order valence-electron chi connectivity index (χ2n) is 7.48. The molecule has 29 heavy (non-hydrogen) atoms. The maximum atomic E-state index is 12.6. The highest BCUT2D eigenvalue weighted by Crippen LogP contribution is 2.21. The zero-order chi connectivity index (χ0) is 20.4. The Morgan fingerprint density at radius 3 is 2.69 bits per heavy atom. The third-order valence-electron chi connectivity index (χ3n) is 5.51. The lowest BCUT2D eigenvalue weighted by Crippen LogP contribution is -2.32. The number of aryl methyl sites for hydroxylation is 1. The van der Waals surface area contributed by atoms with Crippen LogP contribution in [0.15, 0.2) is 33.9 Å². The fraction of sp³-hybridized carbons (Fsp3) is 0.476. The number of hydrogen-bond donors (Lipinski definition) is 1. The van der Waals surface area contributed by atoms with Crippen LogP contribution in [0.4, 0.5) is 0 Å². The molecule has 0 radical (unpaired) electrons. The molecule has 0 amide bonds. The van der Waals surface area contributed by atoms with Crippen LogP contribution in [0.2, 0.25) is 0 Å². The van der Waals surface area contributed by atoms with Crippen LogP contribution in [-0.4, -0.2) is 44.3 Å². The number of hydrogen-bond acceptors (Lipinski definition) is 5. The summed E-state index contributed by atoms with van der Waals surface area (Å²) in [6.45, 7) is 5.89. The lowest BCUT2D eigenvalue weighted by atomic mass is 10.00. The summed E-state index contributed by atoms with van der Waals surface area (Å²) in [6, 6.07) is 8.50. The zero-order valence-electron chi connectivity index (χ0n) is 17.0. The van der Waals surface area contributed by atoms with Gasteiger partial charge in [-0.05, 0) is 24.0 Å². The molecule has 0 unspecified atom stereocenters. The average molecular weight is 397 g/mol. The molecule has 0 bridgehead atoms. The molecule has 8 heteroatoms. The summed E-state index contributed by atoms with van der Waals surface area (Å²) in [4.78, 5) is 34.5. The van der Waals surface area contributed by atoms with Crippen LogP contribution < -0.4 is 11.2 Å². The third kappa shape index (κ3) is 3.77. The molecule has 0 aliphatic carbocycles. The van der Waals surface area contributed by atoms with Crippen molar-refractivity contribution in [2.45, 2.75) is 45.9 Å². The van der Waals surface area contributed by atoms with Crippen molar-refractivity contribution in [1.82, 2.24) is 24.0 Å². The zero-order valence-corrected chi connectivity index (χ0v) is 17.0. The van der Waals surface area contributed by atoms with Gasteiger partial charge in [-0.3, -0.25) is 19.2 Å². The normalized spacial score (nSPS) is 14.4. The molecular weight excluding hydrogens is 370 g/mol. The number of aromatic amines is 1. The van der Waals surface area contributed by atoms with Crippen molar-refractivity contribution in [2.75, 3.05) is 20.3 Å². The number of nitrogens with zero attached hydrogens (tertiary/aromatic N) is 4. The summed E-state index contributed by atoms with van der Waals surface area (Å²) in [5.74, 6) is 0.789. The molecule has 0 saturated carbocycles. The first-order valence-electron chi connectivity index (χ1n) is 10.1. The fourth-order valence-electron chi connectivity index (χ4n) is 4.08. The van der Waals surface area contributed by atoms with Crippen molar-refractivity contribution in [1.29, 1.82) is 0 Å². The molecule has 1 aliphatic heterocycles. The predicted molar refractivity (Wildman–Crippen MR) is 111 cm³/mol. The van der Waals surface area contributed by atoms with E-state index in [1.807, 2.05) is 11.5 Å². The average Bonchev–Trinajstić information content (AvgIpc) is 3.07. The highest BCUT2D eigenvalue weighted by Gasteiger charge is 2.22. The van der Waals surface area contributed by atoms with Crippen LogP contribution in [0.5, 0.6) is 0 Å². The maximum absolute atomic E-state index is 12.6. The van der Waals surface area contributed by atoms with E-state index in [1.165, 1.54) is 11.1 Å². The molecule has 1 aromatic carbocycles. The van der Waals surface area contributed by atoms with E-state index < -0.39 is 11.2 Å². The number of H-pyrrole nitrogens is 1. The Labute approximate surface area is 168 Å². The topological polar surface area (TPSA) is 85.1 Å². The van der Waals surface area contributed by atoms with Crippen LogP contribution in [0.3, 0.4) is 0 Å². The Kier molecular flexibility index (Phi) is 5.64. The van der Waals surface area contributed by atoms with Gasteiger partial charge in [0, 0.05) is 33.3 Å². The molecule has 3 heterocycles. The smallest absolute Gasteiger partial charge is 0.330 e. The summed E-state index contributed by atoms with van der Waals surface area (Å²) in [5, 5.41) is 0. The molecular formula is C21H27N5O3. The summed E-state index contributed by atoms with van der Waals surface area (Å²) < 4.78 is 8.72. The van der Waals surface area contributed by atoms with Crippen LogP contribution in [0.1, 0.15) is 30.3 Å². The lowest BCUT2D eigenvalue weighted by molar-refractivity contribution is 0.183. The largest absolute Gasteiger partial charge is 0.383 e. The first kappa shape index (κ1) is 19.6. The van der Waals surface area contributed by atoms with Gasteiger partial charge in [0.25, 0.3) is 5.56 Å². The van der Waals surface area contributed by atoms with Crippen molar-refractivity contribution in [3.05, 3.63) is 62.1 Å². The first-order valence-corrected chi connectivity index (χ1v) is 10.1. The van der Waals surface area contributed by atoms with E-state index in [1.54, 1.807) is 11.7 Å². The van der Waals surface area contributed by atoms with Crippen molar-refractivity contribution in [2.24, 2.45) is 0 Å². The molecule has 1 N–H and O–H groups in total. The Bertz CT molecular complexity index is 1130. The molecule has 2 aromatic heterocycles. The Balaban J connectivity index is 1.75. The summed E-state index contributed by atoms with van der Waals surface area (Å²) in [7, 11) is 1.64. The SMILES string of the molecule is CCCn1c(=O)[nH]c(=O)c2c1nc(CN1CCc3ccccc3C1)n2CCOC. The number of methoxy groups -OCH3 is 1. The molecule has 0 saturated heterocycles. The van der Waals surface area contributed by atoms with Gasteiger partial charge in [-0.2, -0.15) is 0 Å². The summed E-state index contributed by atoms with van der Waals surface area (Å²) >= 11 is 0. The minimum absolute atomic E-state index is 0.392. The Morgan fingerprint density at radius 1 is 1.14 bits per heavy atom. The second kappa shape index (κ2) is 8.34. The van der Waals surface area contributed by atoms with Gasteiger partial charge < -0.3 is 9.30 Å². The van der Waals surface area contributed by atoms with Gasteiger partial charge in [0.05, 0.1) is 13.2 Å². The van der Waals surface area contributed by atoms with Crippen molar-refractivity contribution < 1.29 is 4.74 Å². The number of benzene rings is 1. The van der Waals surface area contributed by atoms with Crippen LogP contribution in [-0.2, 0) is 37.3 Å². The minimum atomic E-state index is -0.404. The summed E-state index contributed by atoms with van der Waals surface area (Å²) in [6.07, 6.45) is 1.78. The van der Waals surface area contributed by atoms with Crippen molar-refractivity contribution >= 4 is 11.2 Å². The van der Waals surface area contributed by atoms with Gasteiger partial charge in [0.2, 0.25) is 0 Å². The van der Waals surface area contributed by atoms with E-state index in [0.29, 0.717) is 37.4 Å². The fourth-order valence-corrected chi connectivity index (χ4v) is 4.08.